The second kappa shape index (κ2) is 9.36. The summed E-state index contributed by atoms with van der Waals surface area (Å²) in [5, 5.41) is 16.5. The van der Waals surface area contributed by atoms with Gasteiger partial charge in [-0.15, -0.1) is 0 Å². The molecule has 0 radical (unpaired) electrons. The Morgan fingerprint density at radius 3 is 2.36 bits per heavy atom. The van der Waals surface area contributed by atoms with E-state index >= 15 is 0 Å². The molecule has 9 nitrogen and oxygen atoms in total. The van der Waals surface area contributed by atoms with Crippen LogP contribution in [0.4, 0.5) is 13.2 Å². The third kappa shape index (κ3) is 5.71. The molecule has 4 rings (SSSR count). The molecule has 3 aromatic rings. The van der Waals surface area contributed by atoms with Crippen LogP contribution in [-0.2, 0) is 4.79 Å². The molecule has 1 saturated heterocycles. The van der Waals surface area contributed by atoms with Crippen molar-refractivity contribution < 1.29 is 33.0 Å². The summed E-state index contributed by atoms with van der Waals surface area (Å²) in [6.07, 6.45) is -0.506. The average Bonchev–Trinajstić information content (AvgIpc) is 3.09. The van der Waals surface area contributed by atoms with Crippen LogP contribution in [0, 0.1) is 13.8 Å². The maximum atomic E-state index is 12.4. The number of aromatic nitrogens is 4. The molecule has 3 aromatic heterocycles. The molecule has 0 unspecified atom stereocenters. The molecular formula is C21H20F3N5O4. The van der Waals surface area contributed by atoms with Crippen molar-refractivity contribution in [3.8, 4) is 22.6 Å². The van der Waals surface area contributed by atoms with E-state index in [0.29, 0.717) is 18.7 Å². The fraction of sp³-hybridized carbons (Fsp3) is 0.286. The number of H-pyrrole nitrogens is 1. The second-order valence-corrected chi connectivity index (χ2v) is 7.35. The van der Waals surface area contributed by atoms with Crippen molar-refractivity contribution in [1.82, 2.24) is 24.8 Å². The quantitative estimate of drug-likeness (QED) is 0.544. The van der Waals surface area contributed by atoms with Crippen LogP contribution < -0.4 is 0 Å². The number of aliphatic hydroxyl groups excluding tert-OH is 1. The number of nitrogens with zero attached hydrogens (tertiary/aromatic N) is 4. The number of β-amino-alcohol motifs (C(OH)–C–C–N with tert-alkyl or cyclic N) is 1. The molecule has 12 heteroatoms. The number of aryl methyl sites for hydroxylation is 2. The van der Waals surface area contributed by atoms with Gasteiger partial charge in [0.15, 0.2) is 5.82 Å². The van der Waals surface area contributed by atoms with Gasteiger partial charge in [-0.3, -0.25) is 14.8 Å². The third-order valence-corrected chi connectivity index (χ3v) is 4.84. The maximum Gasteiger partial charge on any atom is 0.490 e. The number of pyridine rings is 2. The predicted molar refractivity (Wildman–Crippen MR) is 110 cm³/mol. The van der Waals surface area contributed by atoms with Gasteiger partial charge in [-0.05, 0) is 37.6 Å². The molecule has 1 aliphatic heterocycles. The first kappa shape index (κ1) is 23.9. The van der Waals surface area contributed by atoms with Crippen molar-refractivity contribution in [3.05, 3.63) is 53.7 Å². The lowest BCUT2D eigenvalue weighted by atomic mass is 10.0. The molecule has 0 spiro atoms. The topological polar surface area (TPSA) is 132 Å². The van der Waals surface area contributed by atoms with Gasteiger partial charge in [0.1, 0.15) is 5.69 Å². The third-order valence-electron chi connectivity index (χ3n) is 4.84. The minimum Gasteiger partial charge on any atom is -0.475 e. The van der Waals surface area contributed by atoms with E-state index in [1.54, 1.807) is 23.5 Å². The van der Waals surface area contributed by atoms with Gasteiger partial charge >= 0.3 is 12.1 Å². The highest BCUT2D eigenvalue weighted by Gasteiger charge is 2.38. The molecule has 33 heavy (non-hydrogen) atoms. The Bertz CT molecular complexity index is 1150. The molecule has 1 amide bonds. The minimum absolute atomic E-state index is 0.115. The van der Waals surface area contributed by atoms with Gasteiger partial charge in [0.2, 0.25) is 0 Å². The molecule has 0 aliphatic carbocycles. The monoisotopic (exact) mass is 463 g/mol. The summed E-state index contributed by atoms with van der Waals surface area (Å²) < 4.78 is 31.7. The van der Waals surface area contributed by atoms with E-state index < -0.39 is 18.2 Å². The number of carbonyl (C=O) groups is 2. The van der Waals surface area contributed by atoms with Gasteiger partial charge in [0.05, 0.1) is 17.4 Å². The first-order chi connectivity index (χ1) is 15.5. The van der Waals surface area contributed by atoms with Crippen molar-refractivity contribution in [2.24, 2.45) is 0 Å². The van der Waals surface area contributed by atoms with Crippen LogP contribution in [0.5, 0.6) is 0 Å². The lowest BCUT2D eigenvalue weighted by Gasteiger charge is -2.35. The molecule has 4 heterocycles. The normalized spacial score (nSPS) is 13.7. The molecule has 0 aromatic carbocycles. The maximum absolute atomic E-state index is 12.4. The number of alkyl halides is 3. The number of aromatic amines is 1. The average molecular weight is 463 g/mol. The van der Waals surface area contributed by atoms with E-state index in [9.17, 15) is 23.1 Å². The van der Waals surface area contributed by atoms with Gasteiger partial charge in [-0.25, -0.2) is 9.78 Å². The standard InChI is InChI=1S/C19H19N5O2.C2HF3O2/c1-11-12(2)23-18(22-11)17-6-13(3-4-21-17)14-5-15(8-20-7-14)19(26)24-9-16(25)10-24;3-2(4,5)1(6)7/h3-8,16,25H,9-10H2,1-2H3,(H,22,23);(H,6,7). The Labute approximate surface area is 186 Å². The summed E-state index contributed by atoms with van der Waals surface area (Å²) in [7, 11) is 0. The van der Waals surface area contributed by atoms with Gasteiger partial charge in [0, 0.05) is 42.9 Å². The summed E-state index contributed by atoms with van der Waals surface area (Å²) in [4.78, 5) is 39.3. The number of imidazole rings is 1. The molecule has 174 valence electrons. The molecule has 0 atom stereocenters. The molecule has 0 bridgehead atoms. The number of rotatable bonds is 3. The van der Waals surface area contributed by atoms with Crippen molar-refractivity contribution in [2.75, 3.05) is 13.1 Å². The summed E-state index contributed by atoms with van der Waals surface area (Å²) in [6.45, 7) is 4.67. The van der Waals surface area contributed by atoms with Crippen molar-refractivity contribution >= 4 is 11.9 Å². The Hall–Kier alpha value is -3.80. The van der Waals surface area contributed by atoms with Crippen molar-refractivity contribution in [3.63, 3.8) is 0 Å². The summed E-state index contributed by atoms with van der Waals surface area (Å²) >= 11 is 0. The van der Waals surface area contributed by atoms with Crippen molar-refractivity contribution in [2.45, 2.75) is 26.1 Å². The zero-order valence-corrected chi connectivity index (χ0v) is 17.6. The molecule has 1 aliphatic rings. The first-order valence-electron chi connectivity index (χ1n) is 9.68. The number of likely N-dealkylation sites (tertiary alicyclic amines) is 1. The molecular weight excluding hydrogens is 443 g/mol. The van der Waals surface area contributed by atoms with Crippen LogP contribution in [0.3, 0.4) is 0 Å². The number of hydrogen-bond acceptors (Lipinski definition) is 6. The molecule has 1 fully saturated rings. The Morgan fingerprint density at radius 2 is 1.82 bits per heavy atom. The highest BCUT2D eigenvalue weighted by Crippen LogP contribution is 2.25. The summed E-state index contributed by atoms with van der Waals surface area (Å²) in [5.41, 5.74) is 4.95. The number of amides is 1. The fourth-order valence-corrected chi connectivity index (χ4v) is 2.93. The first-order valence-corrected chi connectivity index (χ1v) is 9.68. The van der Waals surface area contributed by atoms with Crippen LogP contribution in [0.1, 0.15) is 21.7 Å². The number of hydrogen-bond donors (Lipinski definition) is 3. The summed E-state index contributed by atoms with van der Waals surface area (Å²) in [6, 6.07) is 5.62. The van der Waals surface area contributed by atoms with Gasteiger partial charge in [0.25, 0.3) is 5.91 Å². The number of aliphatic carboxylic acids is 1. The predicted octanol–water partition coefficient (Wildman–Crippen LogP) is 2.60. The SMILES string of the molecule is Cc1nc(-c2cc(-c3cncc(C(=O)N4CC(O)C4)c3)ccn2)[nH]c1C.O=C(O)C(F)(F)F. The van der Waals surface area contributed by atoms with E-state index in [0.717, 1.165) is 34.0 Å². The molecule has 0 saturated carbocycles. The summed E-state index contributed by atoms with van der Waals surface area (Å²) in [5.74, 6) is -2.15. The highest BCUT2D eigenvalue weighted by atomic mass is 19.4. The Kier molecular flexibility index (Phi) is 6.77. The molecule has 3 N–H and O–H groups in total. The van der Waals surface area contributed by atoms with Crippen LogP contribution in [0.25, 0.3) is 22.6 Å². The Morgan fingerprint density at radius 1 is 1.15 bits per heavy atom. The lowest BCUT2D eigenvalue weighted by Crippen LogP contribution is -2.53. The van der Waals surface area contributed by atoms with E-state index in [1.807, 2.05) is 32.0 Å². The zero-order valence-electron chi connectivity index (χ0n) is 17.6. The lowest BCUT2D eigenvalue weighted by molar-refractivity contribution is -0.192. The largest absolute Gasteiger partial charge is 0.490 e. The van der Waals surface area contributed by atoms with E-state index in [2.05, 4.69) is 19.9 Å². The number of aliphatic hydroxyl groups is 1. The van der Waals surface area contributed by atoms with E-state index in [-0.39, 0.29) is 5.91 Å². The van der Waals surface area contributed by atoms with Crippen LogP contribution in [0.2, 0.25) is 0 Å². The van der Waals surface area contributed by atoms with Crippen LogP contribution in [0.15, 0.2) is 36.8 Å². The number of carboxylic acids is 1. The van der Waals surface area contributed by atoms with E-state index in [4.69, 9.17) is 9.90 Å². The van der Waals surface area contributed by atoms with Gasteiger partial charge in [-0.2, -0.15) is 13.2 Å². The van der Waals surface area contributed by atoms with Gasteiger partial charge < -0.3 is 20.1 Å². The minimum atomic E-state index is -5.08. The smallest absolute Gasteiger partial charge is 0.475 e. The number of carboxylic acid groups (broad SMARTS) is 1. The fourth-order valence-electron chi connectivity index (χ4n) is 2.93. The number of nitrogens with one attached hydrogen (secondary N) is 1. The van der Waals surface area contributed by atoms with Crippen molar-refractivity contribution in [1.29, 1.82) is 0 Å². The Balaban J connectivity index is 0.000000383. The number of halogens is 3. The zero-order chi connectivity index (χ0) is 24.3. The highest BCUT2D eigenvalue weighted by molar-refractivity contribution is 5.95. The van der Waals surface area contributed by atoms with Gasteiger partial charge in [-0.1, -0.05) is 0 Å². The van der Waals surface area contributed by atoms with E-state index in [1.165, 1.54) is 0 Å². The van der Waals surface area contributed by atoms with Crippen LogP contribution >= 0.6 is 0 Å². The second-order valence-electron chi connectivity index (χ2n) is 7.35. The number of carbonyl (C=O) groups excluding carboxylic acids is 1. The van der Waals surface area contributed by atoms with Crippen LogP contribution in [-0.4, -0.2) is 72.3 Å².